The summed E-state index contributed by atoms with van der Waals surface area (Å²) in [5, 5.41) is 0. The van der Waals surface area contributed by atoms with Crippen LogP contribution in [0.15, 0.2) is 12.1 Å². The zero-order valence-electron chi connectivity index (χ0n) is 8.68. The molecule has 0 atom stereocenters. The summed E-state index contributed by atoms with van der Waals surface area (Å²) in [5.74, 6) is -0.793. The number of nitrogen functional groups attached to an aromatic ring is 1. The number of hydrogen-bond donors (Lipinski definition) is 1. The van der Waals surface area contributed by atoms with E-state index < -0.39 is 23.1 Å². The van der Waals surface area contributed by atoms with Crippen molar-refractivity contribution in [2.24, 2.45) is 0 Å². The van der Waals surface area contributed by atoms with Gasteiger partial charge in [-0.25, -0.2) is 0 Å². The van der Waals surface area contributed by atoms with Gasteiger partial charge in [-0.1, -0.05) is 0 Å². The van der Waals surface area contributed by atoms with Gasteiger partial charge in [0.15, 0.2) is 5.78 Å². The minimum atomic E-state index is -4.61. The first-order chi connectivity index (χ1) is 7.27. The topological polar surface area (TPSA) is 52.3 Å². The molecule has 1 aromatic rings. The van der Waals surface area contributed by atoms with E-state index in [1.54, 1.807) is 0 Å². The van der Waals surface area contributed by atoms with E-state index >= 15 is 0 Å². The largest absolute Gasteiger partial charge is 0.495 e. The number of anilines is 1. The standard InChI is InChI=1S/C10H10F3NO2/c1-5(15)6-3-8(14)9(16-2)4-7(6)10(11,12)13/h3-4H,14H2,1-2H3. The van der Waals surface area contributed by atoms with Crippen molar-refractivity contribution >= 4 is 11.5 Å². The van der Waals surface area contributed by atoms with Gasteiger partial charge < -0.3 is 10.5 Å². The highest BCUT2D eigenvalue weighted by molar-refractivity contribution is 5.97. The van der Waals surface area contributed by atoms with Crippen LogP contribution in [0.3, 0.4) is 0 Å². The van der Waals surface area contributed by atoms with Crippen LogP contribution in [-0.4, -0.2) is 12.9 Å². The van der Waals surface area contributed by atoms with Gasteiger partial charge in [-0.05, 0) is 19.1 Å². The van der Waals surface area contributed by atoms with Gasteiger partial charge in [0.05, 0.1) is 18.4 Å². The fraction of sp³-hybridized carbons (Fsp3) is 0.300. The van der Waals surface area contributed by atoms with E-state index in [1.165, 1.54) is 7.11 Å². The van der Waals surface area contributed by atoms with Crippen molar-refractivity contribution in [1.29, 1.82) is 0 Å². The molecular weight excluding hydrogens is 223 g/mol. The van der Waals surface area contributed by atoms with Crippen LogP contribution in [0.5, 0.6) is 5.75 Å². The highest BCUT2D eigenvalue weighted by Crippen LogP contribution is 2.37. The van der Waals surface area contributed by atoms with Gasteiger partial charge in [-0.2, -0.15) is 13.2 Å². The fourth-order valence-electron chi connectivity index (χ4n) is 1.30. The number of carbonyl (C=O) groups excluding carboxylic acids is 1. The van der Waals surface area contributed by atoms with Crippen molar-refractivity contribution in [3.63, 3.8) is 0 Å². The van der Waals surface area contributed by atoms with Gasteiger partial charge in [0.2, 0.25) is 0 Å². The maximum atomic E-state index is 12.6. The molecule has 1 aromatic carbocycles. The number of carbonyl (C=O) groups is 1. The van der Waals surface area contributed by atoms with Crippen LogP contribution < -0.4 is 10.5 Å². The molecule has 3 nitrogen and oxygen atoms in total. The van der Waals surface area contributed by atoms with Crippen LogP contribution >= 0.6 is 0 Å². The maximum Gasteiger partial charge on any atom is 0.417 e. The van der Waals surface area contributed by atoms with E-state index in [0.717, 1.165) is 19.1 Å². The number of ether oxygens (including phenoxy) is 1. The molecule has 0 radical (unpaired) electrons. The van der Waals surface area contributed by atoms with Crippen molar-refractivity contribution in [1.82, 2.24) is 0 Å². The van der Waals surface area contributed by atoms with Crippen molar-refractivity contribution < 1.29 is 22.7 Å². The lowest BCUT2D eigenvalue weighted by molar-refractivity contribution is -0.138. The Morgan fingerprint density at radius 2 is 1.94 bits per heavy atom. The lowest BCUT2D eigenvalue weighted by atomic mass is 10.0. The molecule has 0 heterocycles. The summed E-state index contributed by atoms with van der Waals surface area (Å²) in [5.41, 5.74) is 3.95. The normalized spacial score (nSPS) is 11.3. The van der Waals surface area contributed by atoms with Crippen LogP contribution in [0.4, 0.5) is 18.9 Å². The zero-order chi connectivity index (χ0) is 12.5. The van der Waals surface area contributed by atoms with Crippen molar-refractivity contribution in [3.8, 4) is 5.75 Å². The first-order valence-electron chi connectivity index (χ1n) is 4.33. The van der Waals surface area contributed by atoms with Gasteiger partial charge in [-0.3, -0.25) is 4.79 Å². The molecule has 0 saturated carbocycles. The molecule has 0 bridgehead atoms. The van der Waals surface area contributed by atoms with Crippen LogP contribution in [0.1, 0.15) is 22.8 Å². The molecule has 0 spiro atoms. The third-order valence-corrected chi connectivity index (χ3v) is 2.05. The Bertz CT molecular complexity index is 427. The molecule has 0 unspecified atom stereocenters. The van der Waals surface area contributed by atoms with Gasteiger partial charge >= 0.3 is 6.18 Å². The van der Waals surface area contributed by atoms with Crippen molar-refractivity contribution in [3.05, 3.63) is 23.3 Å². The quantitative estimate of drug-likeness (QED) is 0.630. The van der Waals surface area contributed by atoms with E-state index in [2.05, 4.69) is 4.74 Å². The van der Waals surface area contributed by atoms with Crippen LogP contribution in [-0.2, 0) is 6.18 Å². The van der Waals surface area contributed by atoms with Crippen molar-refractivity contribution in [2.45, 2.75) is 13.1 Å². The Balaban J connectivity index is 3.49. The number of alkyl halides is 3. The molecule has 0 aliphatic rings. The van der Waals surface area contributed by atoms with E-state index in [-0.39, 0.29) is 11.4 Å². The summed E-state index contributed by atoms with van der Waals surface area (Å²) in [6, 6.07) is 1.70. The summed E-state index contributed by atoms with van der Waals surface area (Å²) in [7, 11) is 1.21. The number of benzene rings is 1. The number of halogens is 3. The zero-order valence-corrected chi connectivity index (χ0v) is 8.68. The first kappa shape index (κ1) is 12.4. The third kappa shape index (κ3) is 2.26. The number of ketones is 1. The number of methoxy groups -OCH3 is 1. The van der Waals surface area contributed by atoms with Crippen LogP contribution in [0.2, 0.25) is 0 Å². The second-order valence-corrected chi connectivity index (χ2v) is 3.19. The molecule has 0 amide bonds. The molecule has 1 rings (SSSR count). The number of Topliss-reactive ketones (excluding diaryl/α,β-unsaturated/α-hetero) is 1. The summed E-state index contributed by atoms with van der Waals surface area (Å²) in [6.45, 7) is 1.05. The minimum absolute atomic E-state index is 0.000648. The van der Waals surface area contributed by atoms with Crippen LogP contribution in [0.25, 0.3) is 0 Å². The molecule has 2 N–H and O–H groups in total. The molecule has 88 valence electrons. The lowest BCUT2D eigenvalue weighted by Crippen LogP contribution is -2.13. The Morgan fingerprint density at radius 3 is 2.31 bits per heavy atom. The monoisotopic (exact) mass is 233 g/mol. The van der Waals surface area contributed by atoms with Crippen LogP contribution in [0, 0.1) is 0 Å². The second-order valence-electron chi connectivity index (χ2n) is 3.19. The smallest absolute Gasteiger partial charge is 0.417 e. The Labute approximate surface area is 90.0 Å². The Hall–Kier alpha value is -1.72. The molecule has 0 fully saturated rings. The molecule has 0 aliphatic carbocycles. The van der Waals surface area contributed by atoms with E-state index in [4.69, 9.17) is 5.73 Å². The predicted octanol–water partition coefficient (Wildman–Crippen LogP) is 2.50. The highest BCUT2D eigenvalue weighted by Gasteiger charge is 2.35. The summed E-state index contributed by atoms with van der Waals surface area (Å²) < 4.78 is 42.5. The molecule has 0 aromatic heterocycles. The maximum absolute atomic E-state index is 12.6. The van der Waals surface area contributed by atoms with E-state index in [0.29, 0.717) is 0 Å². The average molecular weight is 233 g/mol. The average Bonchev–Trinajstić information content (AvgIpc) is 2.15. The van der Waals surface area contributed by atoms with E-state index in [1.807, 2.05) is 0 Å². The highest BCUT2D eigenvalue weighted by atomic mass is 19.4. The number of rotatable bonds is 2. The molecule has 0 aliphatic heterocycles. The molecule has 6 heteroatoms. The summed E-state index contributed by atoms with van der Waals surface area (Å²) in [4.78, 5) is 11.1. The van der Waals surface area contributed by atoms with E-state index in [9.17, 15) is 18.0 Å². The van der Waals surface area contributed by atoms with Gasteiger partial charge in [0, 0.05) is 5.56 Å². The van der Waals surface area contributed by atoms with Gasteiger partial charge in [0.25, 0.3) is 0 Å². The van der Waals surface area contributed by atoms with Gasteiger partial charge in [0.1, 0.15) is 5.75 Å². The van der Waals surface area contributed by atoms with Gasteiger partial charge in [-0.15, -0.1) is 0 Å². The summed E-state index contributed by atoms with van der Waals surface area (Å²) in [6.07, 6.45) is -4.61. The molecule has 0 saturated heterocycles. The number of nitrogens with two attached hydrogens (primary N) is 1. The third-order valence-electron chi connectivity index (χ3n) is 2.05. The fourth-order valence-corrected chi connectivity index (χ4v) is 1.30. The molecular formula is C10H10F3NO2. The SMILES string of the molecule is COc1cc(C(F)(F)F)c(C(C)=O)cc1N. The van der Waals surface area contributed by atoms with Crippen molar-refractivity contribution in [2.75, 3.05) is 12.8 Å². The predicted molar refractivity (Wildman–Crippen MR) is 52.4 cm³/mol. The minimum Gasteiger partial charge on any atom is -0.495 e. The Morgan fingerprint density at radius 1 is 1.38 bits per heavy atom. The molecule has 16 heavy (non-hydrogen) atoms. The second kappa shape index (κ2) is 4.03. The Kier molecular flexibility index (Phi) is 3.11. The number of hydrogen-bond acceptors (Lipinski definition) is 3. The summed E-state index contributed by atoms with van der Waals surface area (Å²) >= 11 is 0. The lowest BCUT2D eigenvalue weighted by Gasteiger charge is -2.14. The first-order valence-corrected chi connectivity index (χ1v) is 4.33.